The van der Waals surface area contributed by atoms with Gasteiger partial charge in [0.25, 0.3) is 0 Å². The van der Waals surface area contributed by atoms with Gasteiger partial charge in [-0.15, -0.1) is 10.2 Å². The first kappa shape index (κ1) is 28.8. The molecule has 0 fully saturated rings. The molecule has 2 heterocycles. The van der Waals surface area contributed by atoms with Crippen LogP contribution in [-0.4, -0.2) is 56.2 Å². The Balaban J connectivity index is 1.36. The standard InChI is InChI=1S/C30H29ClN6O5/c1-17-35-36-30-24(13-27(40)33-15-28(41)32-14-18-3-4-20(16-38)26(39)11-18)34-29(19-5-7-21(31)8-6-19)23-12-22(42-2)9-10-25(23)37(17)30/h3-12,24,38-39H,13-16H2,1-2H3,(H,32,41)(H,33,40)/t24-/m0/s1. The van der Waals surface area contributed by atoms with E-state index in [-0.39, 0.29) is 31.9 Å². The Hall–Kier alpha value is -4.74. The first-order valence-electron chi connectivity index (χ1n) is 13.2. The van der Waals surface area contributed by atoms with Gasteiger partial charge in [0, 0.05) is 28.3 Å². The molecule has 1 aliphatic heterocycles. The van der Waals surface area contributed by atoms with Crippen molar-refractivity contribution < 1.29 is 24.5 Å². The zero-order valence-electron chi connectivity index (χ0n) is 23.0. The maximum atomic E-state index is 13.1. The van der Waals surface area contributed by atoms with Gasteiger partial charge < -0.3 is 25.6 Å². The highest BCUT2D eigenvalue weighted by molar-refractivity contribution is 6.30. The fourth-order valence-electron chi connectivity index (χ4n) is 4.72. The number of nitrogens with zero attached hydrogens (tertiary/aromatic N) is 4. The minimum atomic E-state index is -0.702. The lowest BCUT2D eigenvalue weighted by atomic mass is 10.00. The van der Waals surface area contributed by atoms with Crippen LogP contribution in [0.15, 0.2) is 65.7 Å². The molecular weight excluding hydrogens is 560 g/mol. The van der Waals surface area contributed by atoms with Gasteiger partial charge in [-0.25, -0.2) is 0 Å². The van der Waals surface area contributed by atoms with Gasteiger partial charge in [0.1, 0.15) is 23.4 Å². The summed E-state index contributed by atoms with van der Waals surface area (Å²) in [6.07, 6.45) is -0.0792. The Morgan fingerprint density at radius 1 is 1.02 bits per heavy atom. The molecule has 0 saturated carbocycles. The van der Waals surface area contributed by atoms with Crippen LogP contribution in [0.1, 0.15) is 46.4 Å². The number of halogens is 1. The number of aromatic hydroxyl groups is 1. The van der Waals surface area contributed by atoms with Gasteiger partial charge in [0.05, 0.1) is 38.1 Å². The number of amides is 2. The zero-order valence-corrected chi connectivity index (χ0v) is 23.7. The Morgan fingerprint density at radius 2 is 1.81 bits per heavy atom. The molecule has 0 radical (unpaired) electrons. The summed E-state index contributed by atoms with van der Waals surface area (Å²) in [4.78, 5) is 30.5. The number of hydrogen-bond donors (Lipinski definition) is 4. The molecule has 1 aliphatic rings. The van der Waals surface area contributed by atoms with Crippen molar-refractivity contribution in [3.05, 3.63) is 99.6 Å². The molecule has 4 aromatic rings. The SMILES string of the molecule is COc1ccc2c(c1)C(c1ccc(Cl)cc1)=N[C@@H](CC(=O)NCC(=O)NCc1ccc(CO)c(O)c1)c1nnc(C)n1-2. The van der Waals surface area contributed by atoms with E-state index in [1.165, 1.54) is 6.07 Å². The summed E-state index contributed by atoms with van der Waals surface area (Å²) >= 11 is 6.15. The van der Waals surface area contributed by atoms with Crippen LogP contribution >= 0.6 is 11.6 Å². The maximum Gasteiger partial charge on any atom is 0.239 e. The van der Waals surface area contributed by atoms with Crippen molar-refractivity contribution >= 4 is 29.1 Å². The quantitative estimate of drug-likeness (QED) is 0.234. The summed E-state index contributed by atoms with van der Waals surface area (Å²) in [5, 5.41) is 33.7. The van der Waals surface area contributed by atoms with E-state index in [1.54, 1.807) is 31.4 Å². The highest BCUT2D eigenvalue weighted by atomic mass is 35.5. The van der Waals surface area contributed by atoms with Crippen LogP contribution < -0.4 is 15.4 Å². The molecule has 0 spiro atoms. The zero-order chi connectivity index (χ0) is 29.8. The third-order valence-electron chi connectivity index (χ3n) is 6.88. The van der Waals surface area contributed by atoms with E-state index in [4.69, 9.17) is 21.3 Å². The molecule has 216 valence electrons. The molecule has 1 atom stereocenters. The number of carbonyl (C=O) groups is 2. The number of aliphatic hydroxyl groups excluding tert-OH is 1. The second-order valence-corrected chi connectivity index (χ2v) is 10.1. The first-order chi connectivity index (χ1) is 20.3. The smallest absolute Gasteiger partial charge is 0.239 e. The molecular formula is C30H29ClN6O5. The van der Waals surface area contributed by atoms with Gasteiger partial charge in [-0.05, 0) is 48.9 Å². The molecule has 0 unspecified atom stereocenters. The van der Waals surface area contributed by atoms with Gasteiger partial charge in [0.2, 0.25) is 11.8 Å². The summed E-state index contributed by atoms with van der Waals surface area (Å²) in [7, 11) is 1.59. The van der Waals surface area contributed by atoms with E-state index < -0.39 is 17.9 Å². The first-order valence-corrected chi connectivity index (χ1v) is 13.5. The van der Waals surface area contributed by atoms with Crippen molar-refractivity contribution in [3.8, 4) is 17.2 Å². The van der Waals surface area contributed by atoms with Crippen molar-refractivity contribution in [2.24, 2.45) is 4.99 Å². The molecule has 12 heteroatoms. The van der Waals surface area contributed by atoms with Crippen LogP contribution in [0.5, 0.6) is 11.5 Å². The Kier molecular flexibility index (Phi) is 8.51. The summed E-state index contributed by atoms with van der Waals surface area (Å²) < 4.78 is 7.37. The molecule has 3 aromatic carbocycles. The van der Waals surface area contributed by atoms with Crippen LogP contribution in [0.3, 0.4) is 0 Å². The maximum absolute atomic E-state index is 13.1. The van der Waals surface area contributed by atoms with Crippen LogP contribution in [0, 0.1) is 6.92 Å². The summed E-state index contributed by atoms with van der Waals surface area (Å²) in [6.45, 7) is 1.45. The number of aromatic nitrogens is 3. The number of methoxy groups -OCH3 is 1. The van der Waals surface area contributed by atoms with E-state index in [0.29, 0.717) is 39.3 Å². The second kappa shape index (κ2) is 12.4. The van der Waals surface area contributed by atoms with Crippen LogP contribution in [0.2, 0.25) is 5.02 Å². The minimum absolute atomic E-state index is 0.0526. The van der Waals surface area contributed by atoms with E-state index in [1.807, 2.05) is 41.8 Å². The molecule has 0 saturated heterocycles. The number of fused-ring (bicyclic) bond motifs is 3. The molecule has 0 bridgehead atoms. The fourth-order valence-corrected chi connectivity index (χ4v) is 4.85. The molecule has 4 N–H and O–H groups in total. The minimum Gasteiger partial charge on any atom is -0.508 e. The number of benzene rings is 3. The Bertz CT molecular complexity index is 1670. The lowest BCUT2D eigenvalue weighted by Crippen LogP contribution is -2.37. The topological polar surface area (TPSA) is 151 Å². The average molecular weight is 589 g/mol. The van der Waals surface area contributed by atoms with Gasteiger partial charge >= 0.3 is 0 Å². The van der Waals surface area contributed by atoms with Crippen molar-refractivity contribution in [2.45, 2.75) is 32.5 Å². The average Bonchev–Trinajstić information content (AvgIpc) is 3.32. The predicted molar refractivity (Wildman–Crippen MR) is 156 cm³/mol. The molecule has 1 aromatic heterocycles. The third-order valence-corrected chi connectivity index (χ3v) is 7.14. The van der Waals surface area contributed by atoms with Crippen LogP contribution in [0.25, 0.3) is 5.69 Å². The molecule has 2 amide bonds. The number of aliphatic hydroxyl groups is 1. The van der Waals surface area contributed by atoms with Gasteiger partial charge in [-0.3, -0.25) is 19.1 Å². The summed E-state index contributed by atoms with van der Waals surface area (Å²) in [5.74, 6) is 0.918. The number of aliphatic imine (C=N–C) groups is 1. The van der Waals surface area contributed by atoms with E-state index >= 15 is 0 Å². The Morgan fingerprint density at radius 3 is 2.52 bits per heavy atom. The fraction of sp³-hybridized carbons (Fsp3) is 0.233. The molecule has 0 aliphatic carbocycles. The normalized spacial score (nSPS) is 13.8. The number of hydrogen-bond acceptors (Lipinski definition) is 8. The monoisotopic (exact) mass is 588 g/mol. The van der Waals surface area contributed by atoms with E-state index in [9.17, 15) is 19.8 Å². The Labute approximate surface area is 246 Å². The number of phenols is 1. The largest absolute Gasteiger partial charge is 0.508 e. The number of aryl methyl sites for hydroxylation is 1. The van der Waals surface area contributed by atoms with Crippen molar-refractivity contribution in [1.29, 1.82) is 0 Å². The number of carbonyl (C=O) groups excluding carboxylic acids is 2. The van der Waals surface area contributed by atoms with Crippen molar-refractivity contribution in [1.82, 2.24) is 25.4 Å². The second-order valence-electron chi connectivity index (χ2n) is 9.70. The van der Waals surface area contributed by atoms with Crippen LogP contribution in [-0.2, 0) is 22.7 Å². The highest BCUT2D eigenvalue weighted by Gasteiger charge is 2.30. The van der Waals surface area contributed by atoms with Gasteiger partial charge in [-0.1, -0.05) is 35.9 Å². The lowest BCUT2D eigenvalue weighted by molar-refractivity contribution is -0.126. The lowest BCUT2D eigenvalue weighted by Gasteiger charge is -2.14. The number of ether oxygens (including phenoxy) is 1. The molecule has 5 rings (SSSR count). The highest BCUT2D eigenvalue weighted by Crippen LogP contribution is 2.34. The van der Waals surface area contributed by atoms with E-state index in [2.05, 4.69) is 20.8 Å². The predicted octanol–water partition coefficient (Wildman–Crippen LogP) is 3.15. The number of rotatable bonds is 9. The van der Waals surface area contributed by atoms with Gasteiger partial charge in [-0.2, -0.15) is 0 Å². The van der Waals surface area contributed by atoms with E-state index in [0.717, 1.165) is 16.8 Å². The molecule has 42 heavy (non-hydrogen) atoms. The third kappa shape index (κ3) is 6.12. The summed E-state index contributed by atoms with van der Waals surface area (Å²) in [6, 6.07) is 17.0. The number of nitrogens with one attached hydrogen (secondary N) is 2. The summed E-state index contributed by atoms with van der Waals surface area (Å²) in [5.41, 5.74) is 4.05. The van der Waals surface area contributed by atoms with Crippen molar-refractivity contribution in [2.75, 3.05) is 13.7 Å². The van der Waals surface area contributed by atoms with Gasteiger partial charge in [0.15, 0.2) is 5.82 Å². The molecule has 11 nitrogen and oxygen atoms in total. The van der Waals surface area contributed by atoms with Crippen molar-refractivity contribution in [3.63, 3.8) is 0 Å². The van der Waals surface area contributed by atoms with Crippen LogP contribution in [0.4, 0.5) is 0 Å².